The molecule has 0 radical (unpaired) electrons. The van der Waals surface area contributed by atoms with E-state index >= 15 is 0 Å². The zero-order chi connectivity index (χ0) is 9.19. The lowest BCUT2D eigenvalue weighted by atomic mass is 9.68. The van der Waals surface area contributed by atoms with Crippen molar-refractivity contribution in [2.45, 2.75) is 52.6 Å². The standard InChI is InChI=1S/C11H22O/c1-9-6-5-7-11(3,8-9)10(2)12-4/h9-10H,5-8H2,1-4H3. The topological polar surface area (TPSA) is 9.23 Å². The van der Waals surface area contributed by atoms with Gasteiger partial charge in [-0.05, 0) is 31.1 Å². The van der Waals surface area contributed by atoms with Gasteiger partial charge in [-0.3, -0.25) is 0 Å². The van der Waals surface area contributed by atoms with Gasteiger partial charge in [0.1, 0.15) is 0 Å². The SMILES string of the molecule is COC(C)C1(C)CCCC(C)C1. The van der Waals surface area contributed by atoms with Gasteiger partial charge in [0.05, 0.1) is 6.10 Å². The number of hydrogen-bond donors (Lipinski definition) is 0. The van der Waals surface area contributed by atoms with Gasteiger partial charge < -0.3 is 4.74 Å². The van der Waals surface area contributed by atoms with E-state index in [9.17, 15) is 0 Å². The Morgan fingerprint density at radius 2 is 2.17 bits per heavy atom. The molecule has 0 saturated heterocycles. The molecular formula is C11H22O. The van der Waals surface area contributed by atoms with Gasteiger partial charge >= 0.3 is 0 Å². The molecule has 72 valence electrons. The van der Waals surface area contributed by atoms with Crippen LogP contribution in [0.3, 0.4) is 0 Å². The summed E-state index contributed by atoms with van der Waals surface area (Å²) in [6, 6.07) is 0. The van der Waals surface area contributed by atoms with E-state index in [0.717, 1.165) is 5.92 Å². The van der Waals surface area contributed by atoms with Crippen LogP contribution in [0.5, 0.6) is 0 Å². The van der Waals surface area contributed by atoms with E-state index in [-0.39, 0.29) is 0 Å². The maximum Gasteiger partial charge on any atom is 0.0596 e. The molecule has 1 fully saturated rings. The lowest BCUT2D eigenvalue weighted by molar-refractivity contribution is -0.0224. The summed E-state index contributed by atoms with van der Waals surface area (Å²) in [5.74, 6) is 0.890. The van der Waals surface area contributed by atoms with Crippen molar-refractivity contribution in [3.05, 3.63) is 0 Å². The van der Waals surface area contributed by atoms with Crippen LogP contribution < -0.4 is 0 Å². The van der Waals surface area contributed by atoms with E-state index in [0.29, 0.717) is 11.5 Å². The fraction of sp³-hybridized carbons (Fsp3) is 1.00. The van der Waals surface area contributed by atoms with E-state index < -0.39 is 0 Å². The van der Waals surface area contributed by atoms with Crippen molar-refractivity contribution in [3.8, 4) is 0 Å². The first kappa shape index (κ1) is 10.0. The highest BCUT2D eigenvalue weighted by Crippen LogP contribution is 2.42. The lowest BCUT2D eigenvalue weighted by Crippen LogP contribution is -2.35. The van der Waals surface area contributed by atoms with E-state index in [1.165, 1.54) is 25.7 Å². The Hall–Kier alpha value is -0.0400. The van der Waals surface area contributed by atoms with Crippen LogP contribution in [0.4, 0.5) is 0 Å². The van der Waals surface area contributed by atoms with Crippen LogP contribution in [-0.2, 0) is 4.74 Å². The molecule has 0 N–H and O–H groups in total. The average molecular weight is 170 g/mol. The van der Waals surface area contributed by atoms with Gasteiger partial charge in [0.2, 0.25) is 0 Å². The summed E-state index contributed by atoms with van der Waals surface area (Å²) >= 11 is 0. The fourth-order valence-corrected chi connectivity index (χ4v) is 2.51. The second-order valence-electron chi connectivity index (χ2n) is 4.73. The van der Waals surface area contributed by atoms with Crippen LogP contribution in [0, 0.1) is 11.3 Å². The molecule has 0 aromatic rings. The van der Waals surface area contributed by atoms with Crippen LogP contribution in [0.1, 0.15) is 46.5 Å². The van der Waals surface area contributed by atoms with Gasteiger partial charge in [0, 0.05) is 7.11 Å². The first-order chi connectivity index (χ1) is 5.58. The molecule has 1 saturated carbocycles. The van der Waals surface area contributed by atoms with Crippen LogP contribution in [0.2, 0.25) is 0 Å². The molecule has 0 amide bonds. The Bertz CT molecular complexity index is 144. The zero-order valence-corrected chi connectivity index (χ0v) is 8.89. The van der Waals surface area contributed by atoms with Crippen molar-refractivity contribution < 1.29 is 4.74 Å². The maximum atomic E-state index is 5.44. The Kier molecular flexibility index (Phi) is 3.16. The monoisotopic (exact) mass is 170 g/mol. The summed E-state index contributed by atoms with van der Waals surface area (Å²) in [7, 11) is 1.83. The normalized spacial score (nSPS) is 39.5. The Labute approximate surface area is 76.5 Å². The van der Waals surface area contributed by atoms with Crippen molar-refractivity contribution in [1.29, 1.82) is 0 Å². The van der Waals surface area contributed by atoms with Crippen LogP contribution >= 0.6 is 0 Å². The van der Waals surface area contributed by atoms with Crippen molar-refractivity contribution in [1.82, 2.24) is 0 Å². The predicted octanol–water partition coefficient (Wildman–Crippen LogP) is 3.24. The molecule has 1 heteroatoms. The second kappa shape index (κ2) is 3.78. The summed E-state index contributed by atoms with van der Waals surface area (Å²) in [4.78, 5) is 0. The van der Waals surface area contributed by atoms with E-state index in [2.05, 4.69) is 20.8 Å². The highest BCUT2D eigenvalue weighted by atomic mass is 16.5. The third-order valence-electron chi connectivity index (χ3n) is 3.59. The minimum absolute atomic E-state index is 0.417. The van der Waals surface area contributed by atoms with Gasteiger partial charge in [-0.15, -0.1) is 0 Å². The molecule has 0 aromatic heterocycles. The number of ether oxygens (including phenoxy) is 1. The Morgan fingerprint density at radius 1 is 1.50 bits per heavy atom. The van der Waals surface area contributed by atoms with Crippen molar-refractivity contribution in [2.75, 3.05) is 7.11 Å². The molecule has 3 atom stereocenters. The average Bonchev–Trinajstić information content (AvgIpc) is 2.02. The molecule has 1 rings (SSSR count). The first-order valence-corrected chi connectivity index (χ1v) is 5.11. The third-order valence-corrected chi connectivity index (χ3v) is 3.59. The summed E-state index contributed by atoms with van der Waals surface area (Å²) in [6.45, 7) is 6.94. The van der Waals surface area contributed by atoms with E-state index in [4.69, 9.17) is 4.74 Å². The van der Waals surface area contributed by atoms with E-state index in [1.54, 1.807) is 0 Å². The molecule has 12 heavy (non-hydrogen) atoms. The summed E-state index contributed by atoms with van der Waals surface area (Å²) in [5.41, 5.74) is 0.437. The van der Waals surface area contributed by atoms with Gasteiger partial charge in [-0.1, -0.05) is 26.7 Å². The molecule has 0 aliphatic heterocycles. The number of methoxy groups -OCH3 is 1. The predicted molar refractivity (Wildman–Crippen MR) is 52.2 cm³/mol. The first-order valence-electron chi connectivity index (χ1n) is 5.11. The smallest absolute Gasteiger partial charge is 0.0596 e. The lowest BCUT2D eigenvalue weighted by Gasteiger charge is -2.40. The van der Waals surface area contributed by atoms with Gasteiger partial charge in [0.15, 0.2) is 0 Å². The summed E-state index contributed by atoms with van der Waals surface area (Å²) in [6.07, 6.45) is 5.88. The molecule has 1 nitrogen and oxygen atoms in total. The molecule has 0 spiro atoms. The van der Waals surface area contributed by atoms with Crippen molar-refractivity contribution >= 4 is 0 Å². The van der Waals surface area contributed by atoms with Crippen LogP contribution in [0.15, 0.2) is 0 Å². The molecule has 0 aromatic carbocycles. The molecule has 0 heterocycles. The summed E-state index contributed by atoms with van der Waals surface area (Å²) < 4.78 is 5.44. The van der Waals surface area contributed by atoms with Crippen molar-refractivity contribution in [3.63, 3.8) is 0 Å². The molecule has 0 bridgehead atoms. The zero-order valence-electron chi connectivity index (χ0n) is 8.89. The van der Waals surface area contributed by atoms with E-state index in [1.807, 2.05) is 7.11 Å². The van der Waals surface area contributed by atoms with Crippen molar-refractivity contribution in [2.24, 2.45) is 11.3 Å². The highest BCUT2D eigenvalue weighted by Gasteiger charge is 2.35. The maximum absolute atomic E-state index is 5.44. The van der Waals surface area contributed by atoms with Crippen LogP contribution in [-0.4, -0.2) is 13.2 Å². The second-order valence-corrected chi connectivity index (χ2v) is 4.73. The molecule has 1 aliphatic carbocycles. The van der Waals surface area contributed by atoms with Gasteiger partial charge in [-0.25, -0.2) is 0 Å². The molecule has 3 unspecified atom stereocenters. The molecular weight excluding hydrogens is 148 g/mol. The minimum atomic E-state index is 0.417. The summed E-state index contributed by atoms with van der Waals surface area (Å²) in [5, 5.41) is 0. The van der Waals surface area contributed by atoms with Gasteiger partial charge in [-0.2, -0.15) is 0 Å². The molecule has 1 aliphatic rings. The number of rotatable bonds is 2. The van der Waals surface area contributed by atoms with Crippen LogP contribution in [0.25, 0.3) is 0 Å². The minimum Gasteiger partial charge on any atom is -0.381 e. The Balaban J connectivity index is 2.56. The highest BCUT2D eigenvalue weighted by molar-refractivity contribution is 4.86. The third kappa shape index (κ3) is 2.01. The fourth-order valence-electron chi connectivity index (χ4n) is 2.51. The largest absolute Gasteiger partial charge is 0.381 e. The quantitative estimate of drug-likeness (QED) is 0.618. The number of hydrogen-bond acceptors (Lipinski definition) is 1. The van der Waals surface area contributed by atoms with Gasteiger partial charge in [0.25, 0.3) is 0 Å². The Morgan fingerprint density at radius 3 is 2.67 bits per heavy atom.